The second kappa shape index (κ2) is 8.37. The van der Waals surface area contributed by atoms with Crippen LogP contribution in [0.15, 0.2) is 24.3 Å². The van der Waals surface area contributed by atoms with Gasteiger partial charge >= 0.3 is 6.03 Å². The number of aryl methyl sites for hydroxylation is 1. The summed E-state index contributed by atoms with van der Waals surface area (Å²) in [6, 6.07) is 7.58. The van der Waals surface area contributed by atoms with Crippen LogP contribution in [0.1, 0.15) is 12.5 Å². The molecule has 5 heteroatoms. The van der Waals surface area contributed by atoms with Crippen molar-refractivity contribution in [1.29, 1.82) is 0 Å². The molecule has 0 fully saturated rings. The van der Waals surface area contributed by atoms with E-state index in [1.54, 1.807) is 7.11 Å². The van der Waals surface area contributed by atoms with E-state index in [0.29, 0.717) is 19.8 Å². The Hall–Kier alpha value is -1.75. The van der Waals surface area contributed by atoms with Crippen LogP contribution in [0.5, 0.6) is 5.75 Å². The van der Waals surface area contributed by atoms with Crippen LogP contribution < -0.4 is 15.4 Å². The van der Waals surface area contributed by atoms with Gasteiger partial charge in [-0.3, -0.25) is 0 Å². The van der Waals surface area contributed by atoms with Gasteiger partial charge in [-0.15, -0.1) is 0 Å². The third kappa shape index (κ3) is 6.67. The second-order valence-corrected chi connectivity index (χ2v) is 4.42. The predicted octanol–water partition coefficient (Wildman–Crippen LogP) is 1.71. The third-order valence-corrected chi connectivity index (χ3v) is 2.47. The number of benzene rings is 1. The quantitative estimate of drug-likeness (QED) is 0.739. The maximum atomic E-state index is 11.5. The summed E-state index contributed by atoms with van der Waals surface area (Å²) in [5, 5.41) is 5.48. The summed E-state index contributed by atoms with van der Waals surface area (Å²) in [6.07, 6.45) is 0. The van der Waals surface area contributed by atoms with E-state index in [2.05, 4.69) is 10.6 Å². The lowest BCUT2D eigenvalue weighted by Crippen LogP contribution is -2.43. The minimum absolute atomic E-state index is 0.0111. The Balaban J connectivity index is 2.13. The van der Waals surface area contributed by atoms with Crippen LogP contribution in [0.3, 0.4) is 0 Å². The molecule has 0 spiro atoms. The SMILES string of the molecule is COCC(C)NC(=O)NCCOc1ccc(C)cc1. The summed E-state index contributed by atoms with van der Waals surface area (Å²) in [5.74, 6) is 0.806. The first-order valence-corrected chi connectivity index (χ1v) is 6.34. The van der Waals surface area contributed by atoms with Gasteiger partial charge in [0.15, 0.2) is 0 Å². The zero-order chi connectivity index (χ0) is 14.1. The van der Waals surface area contributed by atoms with Gasteiger partial charge in [0.05, 0.1) is 19.2 Å². The zero-order valence-electron chi connectivity index (χ0n) is 11.7. The van der Waals surface area contributed by atoms with Gasteiger partial charge in [-0.1, -0.05) is 17.7 Å². The summed E-state index contributed by atoms with van der Waals surface area (Å²) < 4.78 is 10.4. The topological polar surface area (TPSA) is 59.6 Å². The molecule has 0 aromatic heterocycles. The van der Waals surface area contributed by atoms with Gasteiger partial charge in [0.1, 0.15) is 12.4 Å². The molecule has 2 N–H and O–H groups in total. The number of nitrogens with one attached hydrogen (secondary N) is 2. The van der Waals surface area contributed by atoms with E-state index in [4.69, 9.17) is 9.47 Å². The Kier molecular flexibility index (Phi) is 6.74. The molecular formula is C14H22N2O3. The summed E-state index contributed by atoms with van der Waals surface area (Å²) >= 11 is 0. The number of rotatable bonds is 7. The molecule has 0 aliphatic heterocycles. The van der Waals surface area contributed by atoms with Gasteiger partial charge < -0.3 is 20.1 Å². The lowest BCUT2D eigenvalue weighted by molar-refractivity contribution is 0.170. The van der Waals surface area contributed by atoms with Gasteiger partial charge in [-0.05, 0) is 26.0 Å². The monoisotopic (exact) mass is 266 g/mol. The van der Waals surface area contributed by atoms with Crippen LogP contribution in [0.2, 0.25) is 0 Å². The number of urea groups is 1. The fourth-order valence-electron chi connectivity index (χ4n) is 1.53. The Morgan fingerprint density at radius 2 is 2.00 bits per heavy atom. The lowest BCUT2D eigenvalue weighted by atomic mass is 10.2. The van der Waals surface area contributed by atoms with E-state index in [-0.39, 0.29) is 12.1 Å². The van der Waals surface area contributed by atoms with Crippen LogP contribution in [0, 0.1) is 6.92 Å². The van der Waals surface area contributed by atoms with Crippen LogP contribution >= 0.6 is 0 Å². The first-order chi connectivity index (χ1) is 9.11. The molecule has 1 aromatic rings. The number of amides is 2. The Labute approximate surface area is 114 Å². The summed E-state index contributed by atoms with van der Waals surface area (Å²) in [5.41, 5.74) is 1.19. The number of hydrogen-bond acceptors (Lipinski definition) is 3. The normalized spacial score (nSPS) is 11.7. The van der Waals surface area contributed by atoms with Crippen molar-refractivity contribution in [2.24, 2.45) is 0 Å². The molecule has 106 valence electrons. The van der Waals surface area contributed by atoms with Crippen LogP contribution in [0.25, 0.3) is 0 Å². The van der Waals surface area contributed by atoms with Gasteiger partial charge in [-0.2, -0.15) is 0 Å². The van der Waals surface area contributed by atoms with Crippen molar-refractivity contribution in [2.45, 2.75) is 19.9 Å². The highest BCUT2D eigenvalue weighted by Gasteiger charge is 2.05. The maximum Gasteiger partial charge on any atom is 0.315 e. The third-order valence-electron chi connectivity index (χ3n) is 2.47. The second-order valence-electron chi connectivity index (χ2n) is 4.42. The molecule has 0 radical (unpaired) electrons. The minimum Gasteiger partial charge on any atom is -0.492 e. The average molecular weight is 266 g/mol. The molecule has 0 aliphatic rings. The van der Waals surface area contributed by atoms with E-state index >= 15 is 0 Å². The highest BCUT2D eigenvalue weighted by Crippen LogP contribution is 2.10. The van der Waals surface area contributed by atoms with Crippen molar-refractivity contribution in [3.63, 3.8) is 0 Å². The fraction of sp³-hybridized carbons (Fsp3) is 0.500. The first-order valence-electron chi connectivity index (χ1n) is 6.34. The van der Waals surface area contributed by atoms with Crippen molar-refractivity contribution in [1.82, 2.24) is 10.6 Å². The van der Waals surface area contributed by atoms with Crippen LogP contribution in [-0.2, 0) is 4.74 Å². The van der Waals surface area contributed by atoms with Crippen molar-refractivity contribution < 1.29 is 14.3 Å². The molecule has 0 aliphatic carbocycles. The zero-order valence-corrected chi connectivity index (χ0v) is 11.7. The average Bonchev–Trinajstić information content (AvgIpc) is 2.37. The largest absolute Gasteiger partial charge is 0.492 e. The summed E-state index contributed by atoms with van der Waals surface area (Å²) in [6.45, 7) is 5.30. The predicted molar refractivity (Wildman–Crippen MR) is 74.5 cm³/mol. The fourth-order valence-corrected chi connectivity index (χ4v) is 1.53. The van der Waals surface area contributed by atoms with Gasteiger partial charge in [0, 0.05) is 7.11 Å². The summed E-state index contributed by atoms with van der Waals surface area (Å²) in [7, 11) is 1.60. The Morgan fingerprint density at radius 3 is 2.63 bits per heavy atom. The van der Waals surface area contributed by atoms with E-state index < -0.39 is 0 Å². The molecule has 2 amide bonds. The number of methoxy groups -OCH3 is 1. The first kappa shape index (κ1) is 15.3. The van der Waals surface area contributed by atoms with Crippen molar-refractivity contribution >= 4 is 6.03 Å². The Bertz CT molecular complexity index is 379. The molecule has 0 bridgehead atoms. The maximum absolute atomic E-state index is 11.5. The van der Waals surface area contributed by atoms with Gasteiger partial charge in [0.25, 0.3) is 0 Å². The molecule has 5 nitrogen and oxygen atoms in total. The summed E-state index contributed by atoms with van der Waals surface area (Å²) in [4.78, 5) is 11.5. The van der Waals surface area contributed by atoms with Crippen molar-refractivity contribution in [3.05, 3.63) is 29.8 Å². The lowest BCUT2D eigenvalue weighted by Gasteiger charge is -2.13. The van der Waals surface area contributed by atoms with Gasteiger partial charge in [-0.25, -0.2) is 4.79 Å². The van der Waals surface area contributed by atoms with Crippen molar-refractivity contribution in [3.8, 4) is 5.75 Å². The Morgan fingerprint density at radius 1 is 1.32 bits per heavy atom. The van der Waals surface area contributed by atoms with Gasteiger partial charge in [0.2, 0.25) is 0 Å². The van der Waals surface area contributed by atoms with Crippen LogP contribution in [-0.4, -0.2) is 38.9 Å². The standard InChI is InChI=1S/C14H22N2O3/c1-11-4-6-13(7-5-11)19-9-8-15-14(17)16-12(2)10-18-3/h4-7,12H,8-10H2,1-3H3,(H2,15,16,17). The number of ether oxygens (including phenoxy) is 2. The molecular weight excluding hydrogens is 244 g/mol. The van der Waals surface area contributed by atoms with E-state index in [0.717, 1.165) is 5.75 Å². The van der Waals surface area contributed by atoms with Crippen LogP contribution in [0.4, 0.5) is 4.79 Å². The van der Waals surface area contributed by atoms with Crippen molar-refractivity contribution in [2.75, 3.05) is 26.9 Å². The van der Waals surface area contributed by atoms with E-state index in [1.807, 2.05) is 38.1 Å². The van der Waals surface area contributed by atoms with E-state index in [9.17, 15) is 4.79 Å². The van der Waals surface area contributed by atoms with E-state index in [1.165, 1.54) is 5.56 Å². The highest BCUT2D eigenvalue weighted by molar-refractivity contribution is 5.74. The molecule has 1 rings (SSSR count). The highest BCUT2D eigenvalue weighted by atomic mass is 16.5. The minimum atomic E-state index is -0.211. The number of carbonyl (C=O) groups excluding carboxylic acids is 1. The molecule has 1 aromatic carbocycles. The molecule has 0 saturated carbocycles. The number of carbonyl (C=O) groups is 1. The number of hydrogen-bond donors (Lipinski definition) is 2. The molecule has 1 unspecified atom stereocenters. The molecule has 1 atom stereocenters. The molecule has 0 heterocycles. The molecule has 19 heavy (non-hydrogen) atoms. The smallest absolute Gasteiger partial charge is 0.315 e. The molecule has 0 saturated heterocycles.